The number of aliphatic hydroxyl groups is 1. The lowest BCUT2D eigenvalue weighted by Crippen LogP contribution is -2.32. The Morgan fingerprint density at radius 2 is 1.93 bits per heavy atom. The first kappa shape index (κ1) is 14.2. The molecule has 0 aromatic rings. The standard InChI is InChI=1S/C12H23NO2/c1-9(2)6-5-7-11(14)8-12(15)13-10(3)4/h5,7,9-11,14H,6,8H2,1-4H3,(H,13,15)/b7-5+. The number of carbonyl (C=O) groups excluding carboxylic acids is 1. The van der Waals surface area contributed by atoms with Gasteiger partial charge in [0, 0.05) is 6.04 Å². The van der Waals surface area contributed by atoms with Crippen LogP contribution in [0.15, 0.2) is 12.2 Å². The first-order valence-corrected chi connectivity index (χ1v) is 5.56. The molecule has 0 radical (unpaired) electrons. The maximum atomic E-state index is 11.3. The van der Waals surface area contributed by atoms with Gasteiger partial charge in [0.1, 0.15) is 0 Å². The summed E-state index contributed by atoms with van der Waals surface area (Å²) in [6.07, 6.45) is 4.04. The Bertz CT molecular complexity index is 210. The largest absolute Gasteiger partial charge is 0.389 e. The molecule has 88 valence electrons. The first-order chi connectivity index (χ1) is 6.91. The Kier molecular flexibility index (Phi) is 7.05. The van der Waals surface area contributed by atoms with Gasteiger partial charge in [0.15, 0.2) is 0 Å². The van der Waals surface area contributed by atoms with Gasteiger partial charge in [-0.1, -0.05) is 26.0 Å². The van der Waals surface area contributed by atoms with Crippen LogP contribution in [0.3, 0.4) is 0 Å². The van der Waals surface area contributed by atoms with Crippen molar-refractivity contribution < 1.29 is 9.90 Å². The van der Waals surface area contributed by atoms with E-state index in [1.807, 2.05) is 19.9 Å². The SMILES string of the molecule is CC(C)C/C=C/C(O)CC(=O)NC(C)C. The summed E-state index contributed by atoms with van der Waals surface area (Å²) in [6.45, 7) is 8.03. The van der Waals surface area contributed by atoms with E-state index in [4.69, 9.17) is 0 Å². The van der Waals surface area contributed by atoms with Crippen LogP contribution in [0.2, 0.25) is 0 Å². The Labute approximate surface area is 92.6 Å². The molecule has 0 aliphatic carbocycles. The Morgan fingerprint density at radius 3 is 2.40 bits per heavy atom. The Hall–Kier alpha value is -0.830. The number of allylic oxidation sites excluding steroid dienone is 1. The second kappa shape index (κ2) is 7.46. The third-order valence-electron chi connectivity index (χ3n) is 1.81. The molecule has 1 atom stereocenters. The molecule has 1 unspecified atom stereocenters. The first-order valence-electron chi connectivity index (χ1n) is 5.56. The normalized spacial score (nSPS) is 13.8. The van der Waals surface area contributed by atoms with Crippen LogP contribution in [0.5, 0.6) is 0 Å². The van der Waals surface area contributed by atoms with Gasteiger partial charge in [0.05, 0.1) is 12.5 Å². The second-order valence-electron chi connectivity index (χ2n) is 4.55. The van der Waals surface area contributed by atoms with Crippen LogP contribution in [0.1, 0.15) is 40.5 Å². The Balaban J connectivity index is 3.77. The van der Waals surface area contributed by atoms with Gasteiger partial charge < -0.3 is 10.4 Å². The van der Waals surface area contributed by atoms with Crippen LogP contribution in [-0.4, -0.2) is 23.2 Å². The number of nitrogens with one attached hydrogen (secondary N) is 1. The zero-order valence-electron chi connectivity index (χ0n) is 10.2. The van der Waals surface area contributed by atoms with Gasteiger partial charge in [0.25, 0.3) is 0 Å². The number of hydrogen-bond acceptors (Lipinski definition) is 2. The molecule has 15 heavy (non-hydrogen) atoms. The van der Waals surface area contributed by atoms with E-state index in [0.29, 0.717) is 5.92 Å². The maximum Gasteiger partial charge on any atom is 0.223 e. The molecule has 0 aliphatic rings. The molecule has 0 bridgehead atoms. The van der Waals surface area contributed by atoms with Gasteiger partial charge in [-0.15, -0.1) is 0 Å². The highest BCUT2D eigenvalue weighted by Gasteiger charge is 2.08. The zero-order chi connectivity index (χ0) is 11.8. The minimum absolute atomic E-state index is 0.105. The molecule has 0 aromatic carbocycles. The summed E-state index contributed by atoms with van der Waals surface area (Å²) in [4.78, 5) is 11.3. The smallest absolute Gasteiger partial charge is 0.223 e. The average molecular weight is 213 g/mol. The molecule has 0 heterocycles. The third kappa shape index (κ3) is 9.47. The highest BCUT2D eigenvalue weighted by Crippen LogP contribution is 2.02. The predicted molar refractivity (Wildman–Crippen MR) is 62.5 cm³/mol. The number of aliphatic hydroxyl groups excluding tert-OH is 1. The van der Waals surface area contributed by atoms with Crippen molar-refractivity contribution in [2.24, 2.45) is 5.92 Å². The number of rotatable bonds is 6. The monoisotopic (exact) mass is 213 g/mol. The number of hydrogen-bond donors (Lipinski definition) is 2. The summed E-state index contributed by atoms with van der Waals surface area (Å²) in [7, 11) is 0. The molecular weight excluding hydrogens is 190 g/mol. The number of amides is 1. The quantitative estimate of drug-likeness (QED) is 0.662. The van der Waals surface area contributed by atoms with Crippen molar-refractivity contribution in [3.05, 3.63) is 12.2 Å². The van der Waals surface area contributed by atoms with Gasteiger partial charge in [-0.2, -0.15) is 0 Å². The fraction of sp³-hybridized carbons (Fsp3) is 0.750. The molecule has 0 fully saturated rings. The van der Waals surface area contributed by atoms with Gasteiger partial charge in [-0.3, -0.25) is 4.79 Å². The lowest BCUT2D eigenvalue weighted by molar-refractivity contribution is -0.122. The van der Waals surface area contributed by atoms with Crippen molar-refractivity contribution in [2.45, 2.75) is 52.7 Å². The van der Waals surface area contributed by atoms with Gasteiger partial charge in [-0.25, -0.2) is 0 Å². The van der Waals surface area contributed by atoms with E-state index in [-0.39, 0.29) is 18.4 Å². The minimum atomic E-state index is -0.664. The molecule has 0 saturated heterocycles. The van der Waals surface area contributed by atoms with E-state index >= 15 is 0 Å². The molecule has 0 aliphatic heterocycles. The molecule has 0 saturated carbocycles. The van der Waals surface area contributed by atoms with Gasteiger partial charge >= 0.3 is 0 Å². The van der Waals surface area contributed by atoms with Crippen molar-refractivity contribution in [2.75, 3.05) is 0 Å². The van der Waals surface area contributed by atoms with E-state index in [0.717, 1.165) is 6.42 Å². The van der Waals surface area contributed by atoms with Gasteiger partial charge in [-0.05, 0) is 26.2 Å². The van der Waals surface area contributed by atoms with Crippen LogP contribution in [0.4, 0.5) is 0 Å². The van der Waals surface area contributed by atoms with Crippen LogP contribution < -0.4 is 5.32 Å². The van der Waals surface area contributed by atoms with Gasteiger partial charge in [0.2, 0.25) is 5.91 Å². The van der Waals surface area contributed by atoms with Crippen molar-refractivity contribution in [1.29, 1.82) is 0 Å². The van der Waals surface area contributed by atoms with Crippen LogP contribution >= 0.6 is 0 Å². The molecular formula is C12H23NO2. The van der Waals surface area contributed by atoms with Crippen molar-refractivity contribution in [1.82, 2.24) is 5.32 Å². The van der Waals surface area contributed by atoms with Crippen molar-refractivity contribution in [3.8, 4) is 0 Å². The van der Waals surface area contributed by atoms with E-state index in [1.54, 1.807) is 6.08 Å². The molecule has 0 aromatic heterocycles. The van der Waals surface area contributed by atoms with Crippen LogP contribution in [0.25, 0.3) is 0 Å². The van der Waals surface area contributed by atoms with Crippen molar-refractivity contribution in [3.63, 3.8) is 0 Å². The predicted octanol–water partition coefficient (Wildman–Crippen LogP) is 1.86. The molecule has 0 rings (SSSR count). The number of carbonyl (C=O) groups is 1. The van der Waals surface area contributed by atoms with Crippen LogP contribution in [-0.2, 0) is 4.79 Å². The molecule has 2 N–H and O–H groups in total. The summed E-state index contributed by atoms with van der Waals surface area (Å²) < 4.78 is 0. The fourth-order valence-electron chi connectivity index (χ4n) is 1.15. The van der Waals surface area contributed by atoms with E-state index in [9.17, 15) is 9.90 Å². The minimum Gasteiger partial charge on any atom is -0.389 e. The topological polar surface area (TPSA) is 49.3 Å². The molecule has 1 amide bonds. The summed E-state index contributed by atoms with van der Waals surface area (Å²) >= 11 is 0. The third-order valence-corrected chi connectivity index (χ3v) is 1.81. The highest BCUT2D eigenvalue weighted by atomic mass is 16.3. The summed E-state index contributed by atoms with van der Waals surface area (Å²) in [5, 5.41) is 12.2. The molecule has 3 nitrogen and oxygen atoms in total. The summed E-state index contributed by atoms with van der Waals surface area (Å²) in [5.41, 5.74) is 0. The summed E-state index contributed by atoms with van der Waals surface area (Å²) in [5.74, 6) is 0.477. The average Bonchev–Trinajstić information content (AvgIpc) is 2.00. The lowest BCUT2D eigenvalue weighted by atomic mass is 10.1. The second-order valence-corrected chi connectivity index (χ2v) is 4.55. The fourth-order valence-corrected chi connectivity index (χ4v) is 1.15. The maximum absolute atomic E-state index is 11.3. The van der Waals surface area contributed by atoms with E-state index in [2.05, 4.69) is 19.2 Å². The Morgan fingerprint density at radius 1 is 1.33 bits per heavy atom. The molecule has 0 spiro atoms. The summed E-state index contributed by atoms with van der Waals surface area (Å²) in [6, 6.07) is 0.129. The lowest BCUT2D eigenvalue weighted by Gasteiger charge is -2.10. The highest BCUT2D eigenvalue weighted by molar-refractivity contribution is 5.76. The zero-order valence-corrected chi connectivity index (χ0v) is 10.2. The van der Waals surface area contributed by atoms with Crippen molar-refractivity contribution >= 4 is 5.91 Å². The molecule has 3 heteroatoms. The van der Waals surface area contributed by atoms with Crippen LogP contribution in [0, 0.1) is 5.92 Å². The van der Waals surface area contributed by atoms with E-state index in [1.165, 1.54) is 0 Å². The van der Waals surface area contributed by atoms with E-state index < -0.39 is 6.10 Å².